The number of benzene rings is 1. The number of rotatable bonds is 2. The molecule has 1 aromatic carbocycles. The molecule has 0 atom stereocenters. The lowest BCUT2D eigenvalue weighted by Gasteiger charge is -1.98. The van der Waals surface area contributed by atoms with Crippen molar-refractivity contribution in [3.8, 4) is 11.5 Å². The first-order valence-corrected chi connectivity index (χ1v) is 5.92. The minimum absolute atomic E-state index is 0.509. The maximum absolute atomic E-state index is 5.83. The number of pyridine rings is 1. The van der Waals surface area contributed by atoms with Crippen molar-refractivity contribution in [3.63, 3.8) is 0 Å². The Morgan fingerprint density at radius 2 is 2.11 bits per heavy atom. The smallest absolute Gasteiger partial charge is 0.153 e. The van der Waals surface area contributed by atoms with Gasteiger partial charge in [-0.05, 0) is 42.3 Å². The maximum atomic E-state index is 5.83. The zero-order valence-corrected chi connectivity index (χ0v) is 10.2. The summed E-state index contributed by atoms with van der Waals surface area (Å²) >= 11 is 0. The Bertz CT molecular complexity index is 701. The van der Waals surface area contributed by atoms with Crippen molar-refractivity contribution in [1.82, 2.24) is 4.98 Å². The quantitative estimate of drug-likeness (QED) is 0.745. The van der Waals surface area contributed by atoms with Gasteiger partial charge in [0.05, 0.1) is 0 Å². The van der Waals surface area contributed by atoms with E-state index in [1.807, 2.05) is 30.3 Å². The highest BCUT2D eigenvalue weighted by Gasteiger charge is 2.08. The number of hydrogen-bond donors (Lipinski definition) is 1. The number of nitrogens with zero attached hydrogens (tertiary/aromatic N) is 1. The highest BCUT2D eigenvalue weighted by molar-refractivity contribution is 5.85. The molecule has 3 heteroatoms. The van der Waals surface area contributed by atoms with Crippen LogP contribution in [-0.4, -0.2) is 4.98 Å². The Hall–Kier alpha value is -2.13. The zero-order chi connectivity index (χ0) is 12.5. The van der Waals surface area contributed by atoms with Gasteiger partial charge in [-0.15, -0.1) is 0 Å². The summed E-state index contributed by atoms with van der Waals surface area (Å²) in [4.78, 5) is 4.33. The summed E-state index contributed by atoms with van der Waals surface area (Å²) in [6, 6.07) is 12.0. The van der Waals surface area contributed by atoms with E-state index in [4.69, 9.17) is 10.2 Å². The fourth-order valence-electron chi connectivity index (χ4n) is 2.07. The molecule has 0 amide bonds. The van der Waals surface area contributed by atoms with Gasteiger partial charge in [-0.25, -0.2) is 0 Å². The van der Waals surface area contributed by atoms with Gasteiger partial charge in [-0.2, -0.15) is 0 Å². The molecule has 3 rings (SSSR count). The topological polar surface area (TPSA) is 52.0 Å². The molecule has 0 saturated heterocycles. The molecule has 0 aliphatic carbocycles. The van der Waals surface area contributed by atoms with Crippen molar-refractivity contribution in [2.45, 2.75) is 13.5 Å². The van der Waals surface area contributed by atoms with Crippen LogP contribution in [0.1, 0.15) is 11.1 Å². The monoisotopic (exact) mass is 238 g/mol. The van der Waals surface area contributed by atoms with E-state index in [2.05, 4.69) is 18.0 Å². The molecule has 0 radical (unpaired) electrons. The zero-order valence-electron chi connectivity index (χ0n) is 10.2. The van der Waals surface area contributed by atoms with E-state index in [1.165, 1.54) is 5.56 Å². The minimum Gasteiger partial charge on any atom is -0.454 e. The van der Waals surface area contributed by atoms with Gasteiger partial charge in [-0.1, -0.05) is 12.1 Å². The van der Waals surface area contributed by atoms with E-state index in [0.717, 1.165) is 28.0 Å². The summed E-state index contributed by atoms with van der Waals surface area (Å²) in [5.74, 6) is 0.787. The lowest BCUT2D eigenvalue weighted by Crippen LogP contribution is -1.96. The summed E-state index contributed by atoms with van der Waals surface area (Å²) in [6.07, 6.45) is 1.76. The first-order chi connectivity index (χ1) is 8.78. The van der Waals surface area contributed by atoms with Crippen molar-refractivity contribution in [1.29, 1.82) is 0 Å². The Kier molecular flexibility index (Phi) is 2.61. The van der Waals surface area contributed by atoms with Crippen LogP contribution in [0.15, 0.2) is 47.0 Å². The SMILES string of the molecule is Cc1cccc2oc(-c3cc(CN)ccn3)cc12. The van der Waals surface area contributed by atoms with Crippen LogP contribution in [0.5, 0.6) is 0 Å². The molecular weight excluding hydrogens is 224 g/mol. The number of aromatic nitrogens is 1. The van der Waals surface area contributed by atoms with Gasteiger partial charge >= 0.3 is 0 Å². The van der Waals surface area contributed by atoms with E-state index in [9.17, 15) is 0 Å². The molecule has 0 aliphatic rings. The predicted octanol–water partition coefficient (Wildman–Crippen LogP) is 3.26. The van der Waals surface area contributed by atoms with Gasteiger partial charge in [0.2, 0.25) is 0 Å². The molecule has 2 heterocycles. The van der Waals surface area contributed by atoms with Gasteiger partial charge in [0.1, 0.15) is 11.3 Å². The number of nitrogens with two attached hydrogens (primary N) is 1. The molecule has 0 spiro atoms. The average molecular weight is 238 g/mol. The maximum Gasteiger partial charge on any atom is 0.153 e. The second-order valence-corrected chi connectivity index (χ2v) is 4.35. The molecule has 0 saturated carbocycles. The number of aryl methyl sites for hydroxylation is 1. The molecule has 0 aliphatic heterocycles. The van der Waals surface area contributed by atoms with Crippen molar-refractivity contribution in [2.24, 2.45) is 5.73 Å². The first kappa shape index (κ1) is 11.0. The fourth-order valence-corrected chi connectivity index (χ4v) is 2.07. The lowest BCUT2D eigenvalue weighted by atomic mass is 10.1. The molecule has 0 bridgehead atoms. The summed E-state index contributed by atoms with van der Waals surface area (Å²) < 4.78 is 5.83. The van der Waals surface area contributed by atoms with E-state index in [-0.39, 0.29) is 0 Å². The predicted molar refractivity (Wildman–Crippen MR) is 72.1 cm³/mol. The minimum atomic E-state index is 0.509. The van der Waals surface area contributed by atoms with Crippen LogP contribution in [0.25, 0.3) is 22.4 Å². The van der Waals surface area contributed by atoms with Gasteiger partial charge in [0, 0.05) is 18.1 Å². The van der Waals surface area contributed by atoms with Crippen LogP contribution in [-0.2, 0) is 6.54 Å². The number of fused-ring (bicyclic) bond motifs is 1. The normalized spacial score (nSPS) is 11.0. The molecule has 3 aromatic rings. The Labute approximate surface area is 105 Å². The van der Waals surface area contributed by atoms with Gasteiger partial charge in [-0.3, -0.25) is 4.98 Å². The summed E-state index contributed by atoms with van der Waals surface area (Å²) in [7, 11) is 0. The van der Waals surface area contributed by atoms with E-state index < -0.39 is 0 Å². The van der Waals surface area contributed by atoms with Crippen LogP contribution in [0, 0.1) is 6.92 Å². The molecular formula is C15H14N2O. The number of furan rings is 1. The largest absolute Gasteiger partial charge is 0.454 e. The molecule has 18 heavy (non-hydrogen) atoms. The second-order valence-electron chi connectivity index (χ2n) is 4.35. The standard InChI is InChI=1S/C15H14N2O/c1-10-3-2-4-14-12(10)8-15(18-14)13-7-11(9-16)5-6-17-13/h2-8H,9,16H2,1H3. The van der Waals surface area contributed by atoms with Gasteiger partial charge in [0.15, 0.2) is 5.76 Å². The van der Waals surface area contributed by atoms with E-state index >= 15 is 0 Å². The molecule has 0 fully saturated rings. The third-order valence-corrected chi connectivity index (χ3v) is 3.09. The van der Waals surface area contributed by atoms with Crippen LogP contribution >= 0.6 is 0 Å². The summed E-state index contributed by atoms with van der Waals surface area (Å²) in [6.45, 7) is 2.58. The van der Waals surface area contributed by atoms with Crippen LogP contribution in [0.3, 0.4) is 0 Å². The Morgan fingerprint density at radius 1 is 1.22 bits per heavy atom. The van der Waals surface area contributed by atoms with E-state index in [0.29, 0.717) is 6.54 Å². The second kappa shape index (κ2) is 4.27. The molecule has 3 nitrogen and oxygen atoms in total. The average Bonchev–Trinajstić information content (AvgIpc) is 2.84. The summed E-state index contributed by atoms with van der Waals surface area (Å²) in [5.41, 5.74) is 9.62. The van der Waals surface area contributed by atoms with Crippen LogP contribution in [0.2, 0.25) is 0 Å². The molecule has 0 unspecified atom stereocenters. The van der Waals surface area contributed by atoms with Gasteiger partial charge < -0.3 is 10.2 Å². The van der Waals surface area contributed by atoms with Gasteiger partial charge in [0.25, 0.3) is 0 Å². The first-order valence-electron chi connectivity index (χ1n) is 5.92. The number of hydrogen-bond acceptors (Lipinski definition) is 3. The molecule has 2 aromatic heterocycles. The van der Waals surface area contributed by atoms with E-state index in [1.54, 1.807) is 6.20 Å². The summed E-state index contributed by atoms with van der Waals surface area (Å²) in [5, 5.41) is 1.13. The Balaban J connectivity index is 2.16. The molecule has 90 valence electrons. The van der Waals surface area contributed by atoms with Crippen molar-refractivity contribution >= 4 is 11.0 Å². The van der Waals surface area contributed by atoms with Crippen LogP contribution in [0.4, 0.5) is 0 Å². The third-order valence-electron chi connectivity index (χ3n) is 3.09. The van der Waals surface area contributed by atoms with Crippen molar-refractivity contribution in [2.75, 3.05) is 0 Å². The van der Waals surface area contributed by atoms with Crippen molar-refractivity contribution in [3.05, 3.63) is 53.7 Å². The Morgan fingerprint density at radius 3 is 2.89 bits per heavy atom. The highest BCUT2D eigenvalue weighted by Crippen LogP contribution is 2.28. The lowest BCUT2D eigenvalue weighted by molar-refractivity contribution is 0.628. The van der Waals surface area contributed by atoms with Crippen molar-refractivity contribution < 1.29 is 4.42 Å². The molecule has 2 N–H and O–H groups in total. The third kappa shape index (κ3) is 1.79. The fraction of sp³-hybridized carbons (Fsp3) is 0.133. The van der Waals surface area contributed by atoms with Crippen LogP contribution < -0.4 is 5.73 Å². The highest BCUT2D eigenvalue weighted by atomic mass is 16.3.